The van der Waals surface area contributed by atoms with E-state index in [1.165, 1.54) is 11.1 Å². The van der Waals surface area contributed by atoms with Gasteiger partial charge in [0.05, 0.1) is 10.6 Å². The largest absolute Gasteiger partial charge is 0.506 e. The molecule has 0 bridgehead atoms. The molecule has 146 valence electrons. The Hall–Kier alpha value is -2.56. The molecule has 0 spiro atoms. The molecule has 4 aromatic rings. The highest BCUT2D eigenvalue weighted by Gasteiger charge is 2.12. The molecule has 4 rings (SSSR count). The molecule has 29 heavy (non-hydrogen) atoms. The van der Waals surface area contributed by atoms with Crippen LogP contribution in [0.1, 0.15) is 13.3 Å². The summed E-state index contributed by atoms with van der Waals surface area (Å²) in [7, 11) is 0. The molecule has 4 heteroatoms. The van der Waals surface area contributed by atoms with E-state index in [0.29, 0.717) is 5.75 Å². The van der Waals surface area contributed by atoms with Gasteiger partial charge < -0.3 is 9.83 Å². The number of phenols is 1. The highest BCUT2D eigenvalue weighted by Crippen LogP contribution is 2.41. The van der Waals surface area contributed by atoms with Crippen molar-refractivity contribution in [3.63, 3.8) is 0 Å². The SMILES string of the molecule is CCCSc1cc(NSc2ccc(-c3ccccc3)cc2)c2ccccc2c1O. The van der Waals surface area contributed by atoms with Gasteiger partial charge in [-0.3, -0.25) is 0 Å². The van der Waals surface area contributed by atoms with Crippen LogP contribution < -0.4 is 4.72 Å². The second kappa shape index (κ2) is 9.29. The lowest BCUT2D eigenvalue weighted by Crippen LogP contribution is -1.91. The number of fused-ring (bicyclic) bond motifs is 1. The third-order valence-electron chi connectivity index (χ3n) is 4.68. The van der Waals surface area contributed by atoms with Crippen molar-refractivity contribution in [2.24, 2.45) is 0 Å². The maximum Gasteiger partial charge on any atom is 0.137 e. The van der Waals surface area contributed by atoms with E-state index in [-0.39, 0.29) is 0 Å². The Morgan fingerprint density at radius 1 is 0.793 bits per heavy atom. The summed E-state index contributed by atoms with van der Waals surface area (Å²) in [6, 6.07) is 29.0. The van der Waals surface area contributed by atoms with Crippen LogP contribution in [0.25, 0.3) is 21.9 Å². The molecule has 0 aliphatic heterocycles. The van der Waals surface area contributed by atoms with E-state index in [4.69, 9.17) is 0 Å². The topological polar surface area (TPSA) is 32.3 Å². The molecule has 0 atom stereocenters. The van der Waals surface area contributed by atoms with E-state index in [9.17, 15) is 5.11 Å². The molecule has 0 aromatic heterocycles. The standard InChI is InChI=1S/C25H23NOS2/c1-2-16-28-24-17-23(21-10-6-7-11-22(21)25(24)27)26-29-20-14-12-19(13-15-20)18-8-4-3-5-9-18/h3-15,17,26-27H,2,16H2,1H3. The van der Waals surface area contributed by atoms with E-state index in [1.54, 1.807) is 23.7 Å². The Morgan fingerprint density at radius 2 is 1.45 bits per heavy atom. The zero-order valence-electron chi connectivity index (χ0n) is 16.3. The molecule has 0 heterocycles. The number of hydrogen-bond acceptors (Lipinski definition) is 4. The van der Waals surface area contributed by atoms with Crippen molar-refractivity contribution < 1.29 is 5.11 Å². The first-order valence-electron chi connectivity index (χ1n) is 9.72. The van der Waals surface area contributed by atoms with Crippen molar-refractivity contribution in [1.82, 2.24) is 0 Å². The maximum atomic E-state index is 10.7. The molecule has 0 amide bonds. The monoisotopic (exact) mass is 417 g/mol. The van der Waals surface area contributed by atoms with Gasteiger partial charge in [0.15, 0.2) is 0 Å². The second-order valence-electron chi connectivity index (χ2n) is 6.76. The zero-order chi connectivity index (χ0) is 20.1. The third kappa shape index (κ3) is 4.55. The molecular weight excluding hydrogens is 394 g/mol. The quantitative estimate of drug-likeness (QED) is 0.182. The fourth-order valence-corrected chi connectivity index (χ4v) is 4.74. The number of rotatable bonds is 7. The molecule has 0 radical (unpaired) electrons. The Kier molecular flexibility index (Phi) is 6.33. The van der Waals surface area contributed by atoms with E-state index in [1.807, 2.05) is 30.3 Å². The van der Waals surface area contributed by atoms with Gasteiger partial charge in [-0.15, -0.1) is 11.8 Å². The fourth-order valence-electron chi connectivity index (χ4n) is 3.20. The van der Waals surface area contributed by atoms with Crippen LogP contribution in [-0.4, -0.2) is 10.9 Å². The molecule has 0 saturated carbocycles. The van der Waals surface area contributed by atoms with Gasteiger partial charge in [0.2, 0.25) is 0 Å². The van der Waals surface area contributed by atoms with Crippen LogP contribution >= 0.6 is 23.7 Å². The number of anilines is 1. The lowest BCUT2D eigenvalue weighted by atomic mass is 10.1. The average molecular weight is 418 g/mol. The van der Waals surface area contributed by atoms with Crippen LogP contribution in [0.2, 0.25) is 0 Å². The molecule has 0 aliphatic rings. The number of aromatic hydroxyl groups is 1. The Balaban J connectivity index is 1.57. The summed E-state index contributed by atoms with van der Waals surface area (Å²) < 4.78 is 3.50. The molecular formula is C25H23NOS2. The van der Waals surface area contributed by atoms with Crippen LogP contribution in [-0.2, 0) is 0 Å². The average Bonchev–Trinajstić information content (AvgIpc) is 2.79. The lowest BCUT2D eigenvalue weighted by molar-refractivity contribution is 0.469. The Labute approximate surface area is 180 Å². The van der Waals surface area contributed by atoms with Gasteiger partial charge >= 0.3 is 0 Å². The summed E-state index contributed by atoms with van der Waals surface area (Å²) >= 11 is 3.29. The normalized spacial score (nSPS) is 10.9. The van der Waals surface area contributed by atoms with Gasteiger partial charge in [0.25, 0.3) is 0 Å². The van der Waals surface area contributed by atoms with Crippen LogP contribution in [0, 0.1) is 0 Å². The van der Waals surface area contributed by atoms with Gasteiger partial charge in [0.1, 0.15) is 5.75 Å². The molecule has 0 aliphatic carbocycles. The van der Waals surface area contributed by atoms with Crippen molar-refractivity contribution in [3.8, 4) is 16.9 Å². The molecule has 0 saturated heterocycles. The van der Waals surface area contributed by atoms with Crippen molar-refractivity contribution in [2.45, 2.75) is 23.1 Å². The third-order valence-corrected chi connectivity index (χ3v) is 6.75. The van der Waals surface area contributed by atoms with E-state index in [2.05, 4.69) is 66.2 Å². The number of thioether (sulfide) groups is 1. The minimum atomic E-state index is 0.377. The van der Waals surface area contributed by atoms with E-state index in [0.717, 1.165) is 38.4 Å². The molecule has 4 aromatic carbocycles. The van der Waals surface area contributed by atoms with Crippen molar-refractivity contribution in [2.75, 3.05) is 10.5 Å². The van der Waals surface area contributed by atoms with E-state index < -0.39 is 0 Å². The predicted molar refractivity (Wildman–Crippen MR) is 128 cm³/mol. The smallest absolute Gasteiger partial charge is 0.137 e. The van der Waals surface area contributed by atoms with Crippen molar-refractivity contribution in [3.05, 3.63) is 84.9 Å². The van der Waals surface area contributed by atoms with Gasteiger partial charge in [-0.05, 0) is 53.4 Å². The predicted octanol–water partition coefficient (Wildman–Crippen LogP) is 7.83. The Morgan fingerprint density at radius 3 is 2.17 bits per heavy atom. The highest BCUT2D eigenvalue weighted by atomic mass is 32.2. The second-order valence-corrected chi connectivity index (χ2v) is 8.78. The summed E-state index contributed by atoms with van der Waals surface area (Å²) in [6.07, 6.45) is 1.07. The first-order valence-corrected chi connectivity index (χ1v) is 11.5. The zero-order valence-corrected chi connectivity index (χ0v) is 17.9. The van der Waals surface area contributed by atoms with Gasteiger partial charge in [0, 0.05) is 15.7 Å². The van der Waals surface area contributed by atoms with Crippen LogP contribution in [0.15, 0.2) is 94.7 Å². The summed E-state index contributed by atoms with van der Waals surface area (Å²) in [5, 5.41) is 12.6. The van der Waals surface area contributed by atoms with Crippen LogP contribution in [0.4, 0.5) is 5.69 Å². The van der Waals surface area contributed by atoms with E-state index >= 15 is 0 Å². The molecule has 2 nitrogen and oxygen atoms in total. The first-order chi connectivity index (χ1) is 14.3. The number of nitrogens with one attached hydrogen (secondary N) is 1. The minimum absolute atomic E-state index is 0.377. The Bertz CT molecular complexity index is 1100. The highest BCUT2D eigenvalue weighted by molar-refractivity contribution is 8.00. The summed E-state index contributed by atoms with van der Waals surface area (Å²) in [5.74, 6) is 1.36. The first kappa shape index (κ1) is 19.7. The molecule has 0 unspecified atom stereocenters. The summed E-state index contributed by atoms with van der Waals surface area (Å²) in [6.45, 7) is 2.15. The number of phenolic OH excluding ortho intramolecular Hbond substituents is 1. The van der Waals surface area contributed by atoms with Gasteiger partial charge in [-0.1, -0.05) is 73.7 Å². The van der Waals surface area contributed by atoms with Gasteiger partial charge in [-0.2, -0.15) is 0 Å². The fraction of sp³-hybridized carbons (Fsp3) is 0.120. The van der Waals surface area contributed by atoms with Gasteiger partial charge in [-0.25, -0.2) is 0 Å². The lowest BCUT2D eigenvalue weighted by Gasteiger charge is -2.14. The minimum Gasteiger partial charge on any atom is -0.506 e. The van der Waals surface area contributed by atoms with Crippen molar-refractivity contribution in [1.29, 1.82) is 0 Å². The molecule has 0 fully saturated rings. The van der Waals surface area contributed by atoms with Crippen LogP contribution in [0.5, 0.6) is 5.75 Å². The molecule has 2 N–H and O–H groups in total. The summed E-state index contributed by atoms with van der Waals surface area (Å²) in [5.41, 5.74) is 3.46. The van der Waals surface area contributed by atoms with Crippen molar-refractivity contribution >= 4 is 40.2 Å². The maximum absolute atomic E-state index is 10.7. The number of hydrogen-bond donors (Lipinski definition) is 2. The summed E-state index contributed by atoms with van der Waals surface area (Å²) in [4.78, 5) is 2.07. The van der Waals surface area contributed by atoms with Crippen LogP contribution in [0.3, 0.4) is 0 Å². The number of benzene rings is 4.